The Labute approximate surface area is 176 Å². The van der Waals surface area contributed by atoms with Crippen molar-refractivity contribution in [2.75, 3.05) is 0 Å². The van der Waals surface area contributed by atoms with E-state index in [0.717, 1.165) is 12.0 Å². The molecule has 1 atom stereocenters. The Hall–Kier alpha value is -2.54. The zero-order valence-corrected chi connectivity index (χ0v) is 16.9. The largest absolute Gasteiger partial charge is 0.0843 e. The quantitative estimate of drug-likeness (QED) is 0.316. The third-order valence-corrected chi connectivity index (χ3v) is 5.60. The van der Waals surface area contributed by atoms with Gasteiger partial charge in [-0.25, -0.2) is 0 Å². The van der Waals surface area contributed by atoms with Crippen molar-refractivity contribution >= 4 is 23.2 Å². The van der Waals surface area contributed by atoms with E-state index in [2.05, 4.69) is 72.8 Å². The fourth-order valence-corrected chi connectivity index (χ4v) is 4.12. The van der Waals surface area contributed by atoms with Gasteiger partial charge in [0.05, 0.1) is 0 Å². The molecular weight excluding hydrogens is 383 g/mol. The molecule has 0 radical (unpaired) electrons. The first-order chi connectivity index (χ1) is 13.7. The summed E-state index contributed by atoms with van der Waals surface area (Å²) in [6.07, 6.45) is 0.882. The lowest BCUT2D eigenvalue weighted by Crippen LogP contribution is -2.06. The smallest absolute Gasteiger partial charge is 0.0459 e. The molecule has 0 heterocycles. The van der Waals surface area contributed by atoms with Crippen LogP contribution in [0.2, 0.25) is 10.0 Å². The third kappa shape index (κ3) is 4.30. The van der Waals surface area contributed by atoms with E-state index in [1.807, 2.05) is 30.3 Å². The zero-order chi connectivity index (χ0) is 19.3. The van der Waals surface area contributed by atoms with Gasteiger partial charge in [-0.15, -0.1) is 0 Å². The highest BCUT2D eigenvalue weighted by Gasteiger charge is 2.18. The summed E-state index contributed by atoms with van der Waals surface area (Å²) >= 11 is 12.7. The molecule has 4 aromatic carbocycles. The van der Waals surface area contributed by atoms with Gasteiger partial charge in [-0.3, -0.25) is 0 Å². The molecule has 0 bridgehead atoms. The molecule has 0 fully saturated rings. The van der Waals surface area contributed by atoms with Gasteiger partial charge in [-0.05, 0) is 46.4 Å². The van der Waals surface area contributed by atoms with Crippen molar-refractivity contribution in [2.45, 2.75) is 12.3 Å². The summed E-state index contributed by atoms with van der Waals surface area (Å²) in [7, 11) is 0. The fourth-order valence-electron chi connectivity index (χ4n) is 3.58. The topological polar surface area (TPSA) is 0 Å². The second-order valence-electron chi connectivity index (χ2n) is 6.90. The molecule has 0 saturated heterocycles. The molecule has 28 heavy (non-hydrogen) atoms. The first-order valence-corrected chi connectivity index (χ1v) is 10.1. The predicted octanol–water partition coefficient (Wildman–Crippen LogP) is 8.04. The molecule has 0 aliphatic carbocycles. The number of halogens is 2. The van der Waals surface area contributed by atoms with Gasteiger partial charge in [0.15, 0.2) is 0 Å². The van der Waals surface area contributed by atoms with Crippen LogP contribution in [0, 0.1) is 0 Å². The Kier molecular flexibility index (Phi) is 5.81. The van der Waals surface area contributed by atoms with E-state index in [4.69, 9.17) is 23.2 Å². The SMILES string of the molecule is Clc1ccc(C(Cc2ccccc2)c2ccc(-c3ccccc3)cc2)c(Cl)c1. The van der Waals surface area contributed by atoms with Gasteiger partial charge in [0.1, 0.15) is 0 Å². The highest BCUT2D eigenvalue weighted by molar-refractivity contribution is 6.35. The van der Waals surface area contributed by atoms with Gasteiger partial charge in [-0.2, -0.15) is 0 Å². The third-order valence-electron chi connectivity index (χ3n) is 5.04. The zero-order valence-electron chi connectivity index (χ0n) is 15.4. The van der Waals surface area contributed by atoms with Crippen LogP contribution in [0.25, 0.3) is 11.1 Å². The second kappa shape index (κ2) is 8.65. The van der Waals surface area contributed by atoms with Crippen LogP contribution in [-0.2, 0) is 6.42 Å². The predicted molar refractivity (Wildman–Crippen MR) is 120 cm³/mol. The van der Waals surface area contributed by atoms with Crippen LogP contribution in [0.1, 0.15) is 22.6 Å². The van der Waals surface area contributed by atoms with Crippen LogP contribution >= 0.6 is 23.2 Å². The van der Waals surface area contributed by atoms with Crippen molar-refractivity contribution in [2.24, 2.45) is 0 Å². The average Bonchev–Trinajstić information content (AvgIpc) is 2.74. The maximum atomic E-state index is 6.58. The van der Waals surface area contributed by atoms with Crippen LogP contribution in [-0.4, -0.2) is 0 Å². The summed E-state index contributed by atoms with van der Waals surface area (Å²) in [5.74, 6) is 0.164. The van der Waals surface area contributed by atoms with E-state index >= 15 is 0 Å². The van der Waals surface area contributed by atoms with Crippen LogP contribution in [0.3, 0.4) is 0 Å². The van der Waals surface area contributed by atoms with Crippen LogP contribution in [0.5, 0.6) is 0 Å². The van der Waals surface area contributed by atoms with Gasteiger partial charge in [0.2, 0.25) is 0 Å². The molecule has 0 aromatic heterocycles. The molecule has 0 aliphatic rings. The van der Waals surface area contributed by atoms with Gasteiger partial charge < -0.3 is 0 Å². The first-order valence-electron chi connectivity index (χ1n) is 9.35. The first kappa shape index (κ1) is 18.8. The number of rotatable bonds is 5. The lowest BCUT2D eigenvalue weighted by atomic mass is 9.85. The maximum Gasteiger partial charge on any atom is 0.0459 e. The van der Waals surface area contributed by atoms with Crippen molar-refractivity contribution in [3.8, 4) is 11.1 Å². The van der Waals surface area contributed by atoms with E-state index in [0.29, 0.717) is 10.0 Å². The Morgan fingerprint density at radius 2 is 1.21 bits per heavy atom. The number of benzene rings is 4. The van der Waals surface area contributed by atoms with Crippen molar-refractivity contribution in [3.05, 3.63) is 130 Å². The molecule has 0 aliphatic heterocycles. The monoisotopic (exact) mass is 402 g/mol. The standard InChI is InChI=1S/C26H20Cl2/c27-23-15-16-24(26(28)18-23)25(17-19-7-3-1-4-8-19)22-13-11-21(12-14-22)20-9-5-2-6-10-20/h1-16,18,25H,17H2. The molecular formula is C26H20Cl2. The molecule has 1 unspecified atom stereocenters. The van der Waals surface area contributed by atoms with Crippen LogP contribution in [0.15, 0.2) is 103 Å². The maximum absolute atomic E-state index is 6.58. The highest BCUT2D eigenvalue weighted by atomic mass is 35.5. The molecule has 0 nitrogen and oxygen atoms in total. The Morgan fingerprint density at radius 3 is 1.86 bits per heavy atom. The average molecular weight is 403 g/mol. The van der Waals surface area contributed by atoms with E-state index in [1.165, 1.54) is 22.3 Å². The summed E-state index contributed by atoms with van der Waals surface area (Å²) in [4.78, 5) is 0. The summed E-state index contributed by atoms with van der Waals surface area (Å²) in [6, 6.07) is 35.5. The minimum absolute atomic E-state index is 0.164. The van der Waals surface area contributed by atoms with E-state index in [9.17, 15) is 0 Å². The molecule has 0 amide bonds. The molecule has 0 spiro atoms. The lowest BCUT2D eigenvalue weighted by molar-refractivity contribution is 0.805. The summed E-state index contributed by atoms with van der Waals surface area (Å²) in [5.41, 5.74) is 6.06. The van der Waals surface area contributed by atoms with Crippen molar-refractivity contribution < 1.29 is 0 Å². The number of hydrogen-bond acceptors (Lipinski definition) is 0. The molecule has 0 N–H and O–H groups in total. The Bertz CT molecular complexity index is 1040. The van der Waals surface area contributed by atoms with E-state index < -0.39 is 0 Å². The second-order valence-corrected chi connectivity index (χ2v) is 7.74. The molecule has 0 saturated carbocycles. The lowest BCUT2D eigenvalue weighted by Gasteiger charge is -2.20. The highest BCUT2D eigenvalue weighted by Crippen LogP contribution is 2.35. The van der Waals surface area contributed by atoms with Gasteiger partial charge in [0, 0.05) is 16.0 Å². The van der Waals surface area contributed by atoms with Gasteiger partial charge in [0.25, 0.3) is 0 Å². The summed E-state index contributed by atoms with van der Waals surface area (Å²) < 4.78 is 0. The summed E-state index contributed by atoms with van der Waals surface area (Å²) in [6.45, 7) is 0. The van der Waals surface area contributed by atoms with Crippen LogP contribution < -0.4 is 0 Å². The van der Waals surface area contributed by atoms with E-state index in [1.54, 1.807) is 0 Å². The number of hydrogen-bond donors (Lipinski definition) is 0. The van der Waals surface area contributed by atoms with Crippen LogP contribution in [0.4, 0.5) is 0 Å². The van der Waals surface area contributed by atoms with Gasteiger partial charge >= 0.3 is 0 Å². The van der Waals surface area contributed by atoms with Crippen molar-refractivity contribution in [1.29, 1.82) is 0 Å². The molecule has 138 valence electrons. The van der Waals surface area contributed by atoms with Crippen molar-refractivity contribution in [1.82, 2.24) is 0 Å². The fraction of sp³-hybridized carbons (Fsp3) is 0.0769. The minimum atomic E-state index is 0.164. The van der Waals surface area contributed by atoms with E-state index in [-0.39, 0.29) is 5.92 Å². The Morgan fingerprint density at radius 1 is 0.607 bits per heavy atom. The van der Waals surface area contributed by atoms with Crippen molar-refractivity contribution in [3.63, 3.8) is 0 Å². The minimum Gasteiger partial charge on any atom is -0.0843 e. The molecule has 2 heteroatoms. The molecule has 4 rings (SSSR count). The van der Waals surface area contributed by atoms with Gasteiger partial charge in [-0.1, -0.05) is 114 Å². The normalized spacial score (nSPS) is 11.9. The molecule has 4 aromatic rings. The Balaban J connectivity index is 1.72. The summed E-state index contributed by atoms with van der Waals surface area (Å²) in [5, 5.41) is 1.37.